The second-order valence-electron chi connectivity index (χ2n) is 5.49. The van der Waals surface area contributed by atoms with E-state index in [4.69, 9.17) is 9.84 Å². The highest BCUT2D eigenvalue weighted by Crippen LogP contribution is 2.30. The largest absolute Gasteiger partial charge is 0.495 e. The van der Waals surface area contributed by atoms with Crippen molar-refractivity contribution in [1.82, 2.24) is 9.62 Å². The lowest BCUT2D eigenvalue weighted by atomic mass is 9.97. The number of aliphatic hydroxyl groups excluding tert-OH is 1. The smallest absolute Gasteiger partial charge is 0.246 e. The molecule has 1 aliphatic heterocycles. The molecule has 2 rings (SSSR count). The second-order valence-corrected chi connectivity index (χ2v) is 7.39. The van der Waals surface area contributed by atoms with Crippen LogP contribution in [0.4, 0.5) is 4.39 Å². The quantitative estimate of drug-likeness (QED) is 0.763. The first-order valence-corrected chi connectivity index (χ1v) is 9.06. The van der Waals surface area contributed by atoms with Crippen LogP contribution in [0.2, 0.25) is 0 Å². The van der Waals surface area contributed by atoms with Crippen molar-refractivity contribution in [3.8, 4) is 5.75 Å². The number of methoxy groups -OCH3 is 1. The van der Waals surface area contributed by atoms with Crippen molar-refractivity contribution < 1.29 is 27.4 Å². The van der Waals surface area contributed by atoms with E-state index >= 15 is 0 Å². The number of aliphatic hydroxyl groups is 1. The predicted octanol–water partition coefficient (Wildman–Crippen LogP) is 0.344. The Morgan fingerprint density at radius 2 is 2.08 bits per heavy atom. The molecule has 1 amide bonds. The number of hydrogen-bond donors (Lipinski definition) is 2. The van der Waals surface area contributed by atoms with Crippen molar-refractivity contribution in [2.24, 2.45) is 5.92 Å². The molecule has 134 valence electrons. The number of ether oxygens (including phenoxy) is 1. The number of hydrogen-bond acceptors (Lipinski definition) is 5. The maximum atomic E-state index is 13.5. The number of nitrogens with zero attached hydrogens (tertiary/aromatic N) is 1. The molecule has 9 heteroatoms. The lowest BCUT2D eigenvalue weighted by Crippen LogP contribution is -2.43. The molecule has 2 N–H and O–H groups in total. The van der Waals surface area contributed by atoms with E-state index in [0.717, 1.165) is 12.1 Å². The number of carbonyl (C=O) groups excluding carboxylic acids is 1. The molecule has 0 aliphatic carbocycles. The molecule has 0 spiro atoms. The Kier molecular flexibility index (Phi) is 6.14. The first kappa shape index (κ1) is 18.6. The van der Waals surface area contributed by atoms with Gasteiger partial charge in [-0.25, -0.2) is 12.8 Å². The van der Waals surface area contributed by atoms with Crippen molar-refractivity contribution in [1.29, 1.82) is 0 Å². The van der Waals surface area contributed by atoms with E-state index in [2.05, 4.69) is 5.32 Å². The Morgan fingerprint density at radius 1 is 1.42 bits per heavy atom. The van der Waals surface area contributed by atoms with Gasteiger partial charge in [0.25, 0.3) is 0 Å². The van der Waals surface area contributed by atoms with Gasteiger partial charge in [0.15, 0.2) is 0 Å². The van der Waals surface area contributed by atoms with Crippen molar-refractivity contribution in [2.75, 3.05) is 33.4 Å². The molecule has 1 aromatic carbocycles. The number of benzene rings is 1. The molecule has 24 heavy (non-hydrogen) atoms. The van der Waals surface area contributed by atoms with Gasteiger partial charge in [0.1, 0.15) is 16.5 Å². The number of piperidine rings is 1. The van der Waals surface area contributed by atoms with E-state index in [1.807, 2.05) is 0 Å². The fourth-order valence-corrected chi connectivity index (χ4v) is 4.31. The number of nitrogens with one attached hydrogen (secondary N) is 1. The molecule has 1 heterocycles. The van der Waals surface area contributed by atoms with Crippen LogP contribution in [0.3, 0.4) is 0 Å². The van der Waals surface area contributed by atoms with Gasteiger partial charge in [-0.3, -0.25) is 4.79 Å². The third kappa shape index (κ3) is 4.03. The summed E-state index contributed by atoms with van der Waals surface area (Å²) < 4.78 is 45.1. The summed E-state index contributed by atoms with van der Waals surface area (Å²) in [6, 6.07) is 3.35. The molecule has 0 atom stereocenters. The zero-order valence-corrected chi connectivity index (χ0v) is 14.2. The van der Waals surface area contributed by atoms with E-state index in [0.29, 0.717) is 12.8 Å². The molecule has 0 radical (unpaired) electrons. The van der Waals surface area contributed by atoms with Gasteiger partial charge in [-0.05, 0) is 31.0 Å². The Labute approximate surface area is 140 Å². The minimum absolute atomic E-state index is 0.0826. The minimum Gasteiger partial charge on any atom is -0.495 e. The molecule has 0 saturated carbocycles. The van der Waals surface area contributed by atoms with Crippen molar-refractivity contribution in [3.63, 3.8) is 0 Å². The van der Waals surface area contributed by atoms with Crippen LogP contribution in [0.5, 0.6) is 5.75 Å². The van der Waals surface area contributed by atoms with Gasteiger partial charge in [0.05, 0.1) is 13.7 Å². The molecule has 1 saturated heterocycles. The first-order chi connectivity index (χ1) is 11.4. The molecule has 7 nitrogen and oxygen atoms in total. The maximum Gasteiger partial charge on any atom is 0.246 e. The average molecular weight is 360 g/mol. The lowest BCUT2D eigenvalue weighted by Gasteiger charge is -2.30. The molecule has 1 fully saturated rings. The van der Waals surface area contributed by atoms with Gasteiger partial charge < -0.3 is 15.2 Å². The van der Waals surface area contributed by atoms with E-state index in [1.165, 1.54) is 17.5 Å². The van der Waals surface area contributed by atoms with E-state index in [9.17, 15) is 17.6 Å². The summed E-state index contributed by atoms with van der Waals surface area (Å²) in [5, 5.41) is 11.3. The van der Waals surface area contributed by atoms with Crippen LogP contribution in [0.15, 0.2) is 23.1 Å². The number of sulfonamides is 1. The topological polar surface area (TPSA) is 95.9 Å². The van der Waals surface area contributed by atoms with E-state index in [-0.39, 0.29) is 48.7 Å². The van der Waals surface area contributed by atoms with Crippen LogP contribution >= 0.6 is 0 Å². The van der Waals surface area contributed by atoms with Gasteiger partial charge in [0.2, 0.25) is 15.9 Å². The molecule has 1 aliphatic rings. The zero-order chi connectivity index (χ0) is 17.7. The predicted molar refractivity (Wildman–Crippen MR) is 84.5 cm³/mol. The van der Waals surface area contributed by atoms with Crippen molar-refractivity contribution in [2.45, 2.75) is 17.7 Å². The van der Waals surface area contributed by atoms with Crippen LogP contribution in [0, 0.1) is 11.7 Å². The minimum atomic E-state index is -3.90. The molecule has 1 aromatic rings. The van der Waals surface area contributed by atoms with E-state index < -0.39 is 15.8 Å². The van der Waals surface area contributed by atoms with Gasteiger partial charge in [-0.1, -0.05) is 0 Å². The van der Waals surface area contributed by atoms with Crippen LogP contribution < -0.4 is 10.1 Å². The maximum absolute atomic E-state index is 13.5. The van der Waals surface area contributed by atoms with E-state index in [1.54, 1.807) is 0 Å². The highest BCUT2D eigenvalue weighted by atomic mass is 32.2. The zero-order valence-electron chi connectivity index (χ0n) is 13.4. The van der Waals surface area contributed by atoms with Crippen LogP contribution in [-0.4, -0.2) is 57.1 Å². The SMILES string of the molecule is COc1ccc(F)cc1S(=O)(=O)N1CCC(C(=O)NCCO)CC1. The highest BCUT2D eigenvalue weighted by Gasteiger charge is 2.33. The molecular weight excluding hydrogens is 339 g/mol. The fraction of sp³-hybridized carbons (Fsp3) is 0.533. The van der Waals surface area contributed by atoms with Crippen molar-refractivity contribution >= 4 is 15.9 Å². The normalized spacial score (nSPS) is 16.8. The number of carbonyl (C=O) groups is 1. The third-order valence-electron chi connectivity index (χ3n) is 3.98. The Morgan fingerprint density at radius 3 is 2.67 bits per heavy atom. The Hall–Kier alpha value is -1.71. The fourth-order valence-electron chi connectivity index (χ4n) is 2.67. The van der Waals surface area contributed by atoms with Crippen LogP contribution in [0.1, 0.15) is 12.8 Å². The van der Waals surface area contributed by atoms with Gasteiger partial charge in [-0.2, -0.15) is 4.31 Å². The molecule has 0 bridgehead atoms. The summed E-state index contributed by atoms with van der Waals surface area (Å²) in [6.07, 6.45) is 0.738. The number of halogens is 1. The summed E-state index contributed by atoms with van der Waals surface area (Å²) in [7, 11) is -2.57. The third-order valence-corrected chi connectivity index (χ3v) is 5.90. The monoisotopic (exact) mass is 360 g/mol. The molecular formula is C15H21FN2O5S. The molecule has 0 unspecified atom stereocenters. The van der Waals surface area contributed by atoms with Crippen LogP contribution in [-0.2, 0) is 14.8 Å². The Bertz CT molecular complexity index is 687. The van der Waals surface area contributed by atoms with Gasteiger partial charge in [0, 0.05) is 25.6 Å². The summed E-state index contributed by atoms with van der Waals surface area (Å²) in [5.74, 6) is -1.06. The average Bonchev–Trinajstić information content (AvgIpc) is 2.59. The van der Waals surface area contributed by atoms with Gasteiger partial charge in [-0.15, -0.1) is 0 Å². The van der Waals surface area contributed by atoms with Crippen LogP contribution in [0.25, 0.3) is 0 Å². The lowest BCUT2D eigenvalue weighted by molar-refractivity contribution is -0.126. The standard InChI is InChI=1S/C15H21FN2O5S/c1-23-13-3-2-12(16)10-14(13)24(21,22)18-7-4-11(5-8-18)15(20)17-6-9-19/h2-3,10-11,19H,4-9H2,1H3,(H,17,20). The second kappa shape index (κ2) is 7.91. The number of amides is 1. The summed E-state index contributed by atoms with van der Waals surface area (Å²) in [6.45, 7) is 0.370. The van der Waals surface area contributed by atoms with Crippen molar-refractivity contribution in [3.05, 3.63) is 24.0 Å². The number of rotatable bonds is 6. The highest BCUT2D eigenvalue weighted by molar-refractivity contribution is 7.89. The summed E-state index contributed by atoms with van der Waals surface area (Å²) >= 11 is 0. The molecule has 0 aromatic heterocycles. The summed E-state index contributed by atoms with van der Waals surface area (Å²) in [4.78, 5) is 11.7. The summed E-state index contributed by atoms with van der Waals surface area (Å²) in [5.41, 5.74) is 0. The first-order valence-electron chi connectivity index (χ1n) is 7.62. The van der Waals surface area contributed by atoms with Gasteiger partial charge >= 0.3 is 0 Å². The Balaban J connectivity index is 2.10.